The Morgan fingerprint density at radius 1 is 1.35 bits per heavy atom. The van der Waals surface area contributed by atoms with Crippen LogP contribution in [0.2, 0.25) is 0 Å². The highest BCUT2D eigenvalue weighted by Crippen LogP contribution is 2.04. The molecule has 0 atom stereocenters. The minimum Gasteiger partial charge on any atom is -0.345 e. The average Bonchev–Trinajstić information content (AvgIpc) is 2.36. The Kier molecular flexibility index (Phi) is 4.64. The van der Waals surface area contributed by atoms with Gasteiger partial charge in [-0.15, -0.1) is 0 Å². The van der Waals surface area contributed by atoms with E-state index in [1.165, 1.54) is 0 Å². The Labute approximate surface area is 99.6 Å². The second kappa shape index (κ2) is 6.23. The van der Waals surface area contributed by atoms with Gasteiger partial charge in [0.05, 0.1) is 19.0 Å². The van der Waals surface area contributed by atoms with Gasteiger partial charge in [0.1, 0.15) is 0 Å². The van der Waals surface area contributed by atoms with Crippen LogP contribution in [0.1, 0.15) is 15.9 Å². The van der Waals surface area contributed by atoms with Crippen LogP contribution in [-0.4, -0.2) is 18.2 Å². The first-order valence-corrected chi connectivity index (χ1v) is 5.06. The van der Waals surface area contributed by atoms with Crippen LogP contribution in [0.4, 0.5) is 0 Å². The molecule has 4 nitrogen and oxygen atoms in total. The lowest BCUT2D eigenvalue weighted by Crippen LogP contribution is -2.28. The molecule has 0 spiro atoms. The monoisotopic (exact) mass is 228 g/mol. The predicted octanol–water partition coefficient (Wildman–Crippen LogP) is 1.24. The van der Waals surface area contributed by atoms with Crippen molar-refractivity contribution in [2.45, 2.75) is 6.42 Å². The zero-order valence-electron chi connectivity index (χ0n) is 9.27. The number of carbonyl (C=O) groups excluding carboxylic acids is 2. The smallest absolute Gasteiger partial charge is 0.251 e. The number of nitrogens with one attached hydrogen (secondary N) is 1. The Morgan fingerprint density at radius 3 is 2.53 bits per heavy atom. The highest BCUT2D eigenvalue weighted by Gasteiger charge is 2.05. The first-order chi connectivity index (χ1) is 8.17. The van der Waals surface area contributed by atoms with Crippen molar-refractivity contribution in [2.24, 2.45) is 0 Å². The fourth-order valence-electron chi connectivity index (χ4n) is 1.21. The van der Waals surface area contributed by atoms with Crippen LogP contribution in [0.5, 0.6) is 0 Å². The van der Waals surface area contributed by atoms with E-state index >= 15 is 0 Å². The summed E-state index contributed by atoms with van der Waals surface area (Å²) in [7, 11) is 0. The standard InChI is InChI=1S/C13H12N2O2/c1-2-12(16)9-15-13(17)11-5-3-10(4-6-11)7-8-14/h2-6H,1,7,9H2,(H,15,17). The van der Waals surface area contributed by atoms with Crippen molar-refractivity contribution >= 4 is 11.7 Å². The summed E-state index contributed by atoms with van der Waals surface area (Å²) in [4.78, 5) is 22.5. The zero-order valence-corrected chi connectivity index (χ0v) is 9.27. The number of benzene rings is 1. The Morgan fingerprint density at radius 2 is 2.00 bits per heavy atom. The van der Waals surface area contributed by atoms with E-state index in [1.807, 2.05) is 6.07 Å². The Hall–Kier alpha value is -2.41. The molecule has 0 saturated carbocycles. The van der Waals surface area contributed by atoms with Crippen molar-refractivity contribution in [3.8, 4) is 6.07 Å². The number of hydrogen-bond donors (Lipinski definition) is 1. The van der Waals surface area contributed by atoms with E-state index in [-0.39, 0.29) is 18.2 Å². The first kappa shape index (κ1) is 12.7. The van der Waals surface area contributed by atoms with E-state index in [4.69, 9.17) is 5.26 Å². The summed E-state index contributed by atoms with van der Waals surface area (Å²) < 4.78 is 0. The molecule has 0 fully saturated rings. The third-order valence-corrected chi connectivity index (χ3v) is 2.15. The molecule has 1 rings (SSSR count). The van der Waals surface area contributed by atoms with Crippen LogP contribution in [-0.2, 0) is 11.2 Å². The summed E-state index contributed by atoms with van der Waals surface area (Å²) in [5, 5.41) is 11.0. The molecule has 0 aromatic heterocycles. The molecule has 0 aliphatic heterocycles. The minimum atomic E-state index is -0.316. The van der Waals surface area contributed by atoms with Gasteiger partial charge in [-0.25, -0.2) is 0 Å². The van der Waals surface area contributed by atoms with Gasteiger partial charge in [0.25, 0.3) is 5.91 Å². The van der Waals surface area contributed by atoms with Gasteiger partial charge in [-0.2, -0.15) is 5.26 Å². The van der Waals surface area contributed by atoms with E-state index in [2.05, 4.69) is 11.9 Å². The molecule has 1 aromatic carbocycles. The SMILES string of the molecule is C=CC(=O)CNC(=O)c1ccc(CC#N)cc1. The maximum Gasteiger partial charge on any atom is 0.251 e. The maximum absolute atomic E-state index is 11.6. The molecular weight excluding hydrogens is 216 g/mol. The van der Waals surface area contributed by atoms with Gasteiger partial charge in [0.15, 0.2) is 5.78 Å². The topological polar surface area (TPSA) is 70.0 Å². The summed E-state index contributed by atoms with van der Waals surface area (Å²) in [5.41, 5.74) is 1.31. The number of nitrogens with zero attached hydrogens (tertiary/aromatic N) is 1. The van der Waals surface area contributed by atoms with Crippen molar-refractivity contribution in [1.82, 2.24) is 5.32 Å². The van der Waals surface area contributed by atoms with Gasteiger partial charge >= 0.3 is 0 Å². The largest absolute Gasteiger partial charge is 0.345 e. The Bertz CT molecular complexity index is 469. The molecule has 4 heteroatoms. The van der Waals surface area contributed by atoms with E-state index < -0.39 is 0 Å². The van der Waals surface area contributed by atoms with Crippen molar-refractivity contribution < 1.29 is 9.59 Å². The van der Waals surface area contributed by atoms with E-state index in [1.54, 1.807) is 24.3 Å². The van der Waals surface area contributed by atoms with E-state index in [0.717, 1.165) is 11.6 Å². The van der Waals surface area contributed by atoms with Crippen LogP contribution >= 0.6 is 0 Å². The predicted molar refractivity (Wildman–Crippen MR) is 63.3 cm³/mol. The molecule has 0 aliphatic rings. The molecule has 1 N–H and O–H groups in total. The number of hydrogen-bond acceptors (Lipinski definition) is 3. The molecule has 0 unspecified atom stereocenters. The number of ketones is 1. The lowest BCUT2D eigenvalue weighted by Gasteiger charge is -2.03. The summed E-state index contributed by atoms with van der Waals surface area (Å²) >= 11 is 0. The van der Waals surface area contributed by atoms with Crippen molar-refractivity contribution in [3.05, 3.63) is 48.0 Å². The maximum atomic E-state index is 11.6. The van der Waals surface area contributed by atoms with Crippen LogP contribution in [0.3, 0.4) is 0 Å². The van der Waals surface area contributed by atoms with Crippen LogP contribution in [0.25, 0.3) is 0 Å². The molecule has 17 heavy (non-hydrogen) atoms. The van der Waals surface area contributed by atoms with Crippen LogP contribution in [0.15, 0.2) is 36.9 Å². The quantitative estimate of drug-likeness (QED) is 0.771. The third-order valence-electron chi connectivity index (χ3n) is 2.15. The number of nitriles is 1. The molecule has 0 aliphatic carbocycles. The van der Waals surface area contributed by atoms with Gasteiger partial charge in [0, 0.05) is 5.56 Å². The zero-order chi connectivity index (χ0) is 12.7. The fraction of sp³-hybridized carbons (Fsp3) is 0.154. The van der Waals surface area contributed by atoms with Gasteiger partial charge in [-0.05, 0) is 23.8 Å². The molecule has 0 heterocycles. The van der Waals surface area contributed by atoms with E-state index in [0.29, 0.717) is 12.0 Å². The molecule has 0 radical (unpaired) electrons. The van der Waals surface area contributed by atoms with E-state index in [9.17, 15) is 9.59 Å². The molecule has 86 valence electrons. The van der Waals surface area contributed by atoms with Crippen molar-refractivity contribution in [2.75, 3.05) is 6.54 Å². The first-order valence-electron chi connectivity index (χ1n) is 5.06. The summed E-state index contributed by atoms with van der Waals surface area (Å²) in [6.45, 7) is 3.26. The molecular formula is C13H12N2O2. The number of rotatable bonds is 5. The Balaban J connectivity index is 2.61. The van der Waals surface area contributed by atoms with Crippen LogP contribution in [0, 0.1) is 11.3 Å². The summed E-state index contributed by atoms with van der Waals surface area (Å²) in [6, 6.07) is 8.71. The van der Waals surface area contributed by atoms with Gasteiger partial charge in [-0.3, -0.25) is 9.59 Å². The highest BCUT2D eigenvalue weighted by atomic mass is 16.2. The molecule has 0 bridgehead atoms. The average molecular weight is 228 g/mol. The van der Waals surface area contributed by atoms with Gasteiger partial charge in [0.2, 0.25) is 0 Å². The lowest BCUT2D eigenvalue weighted by molar-refractivity contribution is -0.113. The highest BCUT2D eigenvalue weighted by molar-refractivity contribution is 5.99. The minimum absolute atomic E-state index is 0.0533. The molecule has 0 saturated heterocycles. The second-order valence-electron chi connectivity index (χ2n) is 3.38. The number of carbonyl (C=O) groups is 2. The van der Waals surface area contributed by atoms with Crippen LogP contribution < -0.4 is 5.32 Å². The van der Waals surface area contributed by atoms with Crippen molar-refractivity contribution in [3.63, 3.8) is 0 Å². The lowest BCUT2D eigenvalue weighted by atomic mass is 10.1. The summed E-state index contributed by atoms with van der Waals surface area (Å²) in [5.74, 6) is -0.553. The van der Waals surface area contributed by atoms with Crippen molar-refractivity contribution in [1.29, 1.82) is 5.26 Å². The molecule has 1 aromatic rings. The third kappa shape index (κ3) is 3.92. The normalized spacial score (nSPS) is 9.12. The van der Waals surface area contributed by atoms with Gasteiger partial charge < -0.3 is 5.32 Å². The number of amides is 1. The second-order valence-corrected chi connectivity index (χ2v) is 3.38. The molecule has 1 amide bonds. The fourth-order valence-corrected chi connectivity index (χ4v) is 1.21. The summed E-state index contributed by atoms with van der Waals surface area (Å²) in [6.07, 6.45) is 1.48. The van der Waals surface area contributed by atoms with Gasteiger partial charge in [-0.1, -0.05) is 18.7 Å².